The summed E-state index contributed by atoms with van der Waals surface area (Å²) < 4.78 is 10.2. The van der Waals surface area contributed by atoms with Crippen molar-refractivity contribution < 1.29 is 19.1 Å². The van der Waals surface area contributed by atoms with E-state index < -0.39 is 0 Å². The lowest BCUT2D eigenvalue weighted by molar-refractivity contribution is -0.140. The second kappa shape index (κ2) is 10.8. The molecule has 2 amide bonds. The summed E-state index contributed by atoms with van der Waals surface area (Å²) in [6, 6.07) is 26.0. The topological polar surface area (TPSA) is 67.9 Å². The molecule has 0 spiro atoms. The minimum Gasteiger partial charge on any atom is -0.495 e. The van der Waals surface area contributed by atoms with Gasteiger partial charge in [0.15, 0.2) is 0 Å². The summed E-state index contributed by atoms with van der Waals surface area (Å²) in [4.78, 5) is 27.0. The summed E-state index contributed by atoms with van der Waals surface area (Å²) in [7, 11) is 2.89. The largest absolute Gasteiger partial charge is 0.495 e. The van der Waals surface area contributed by atoms with Gasteiger partial charge in [-0.25, -0.2) is 4.79 Å². The lowest BCUT2D eigenvalue weighted by Crippen LogP contribution is -2.40. The van der Waals surface area contributed by atoms with Crippen LogP contribution in [-0.2, 0) is 9.53 Å². The van der Waals surface area contributed by atoms with Crippen molar-refractivity contribution in [3.8, 4) is 5.75 Å². The molecule has 0 aliphatic heterocycles. The number of nitrogens with one attached hydrogen (secondary N) is 1. The van der Waals surface area contributed by atoms with Gasteiger partial charge in [-0.3, -0.25) is 4.79 Å². The average molecular weight is 418 g/mol. The van der Waals surface area contributed by atoms with E-state index in [1.807, 2.05) is 72.8 Å². The van der Waals surface area contributed by atoms with E-state index in [0.717, 1.165) is 11.1 Å². The molecule has 6 nitrogen and oxygen atoms in total. The van der Waals surface area contributed by atoms with Gasteiger partial charge in [0, 0.05) is 6.54 Å². The van der Waals surface area contributed by atoms with Crippen LogP contribution >= 0.6 is 0 Å². The third-order valence-electron chi connectivity index (χ3n) is 4.94. The lowest BCUT2D eigenvalue weighted by atomic mass is 9.97. The summed E-state index contributed by atoms with van der Waals surface area (Å²) in [6.07, 6.45) is 0.0754. The van der Waals surface area contributed by atoms with E-state index in [1.165, 1.54) is 7.11 Å². The van der Waals surface area contributed by atoms with Gasteiger partial charge in [0.05, 0.1) is 32.4 Å². The second-order valence-corrected chi connectivity index (χ2v) is 6.87. The van der Waals surface area contributed by atoms with E-state index >= 15 is 0 Å². The first-order chi connectivity index (χ1) is 15.1. The highest BCUT2D eigenvalue weighted by atomic mass is 16.5. The monoisotopic (exact) mass is 418 g/mol. The third-order valence-corrected chi connectivity index (χ3v) is 4.94. The minimum absolute atomic E-state index is 0.0754. The van der Waals surface area contributed by atoms with E-state index in [0.29, 0.717) is 11.4 Å². The Morgan fingerprint density at radius 1 is 0.839 bits per heavy atom. The predicted molar refractivity (Wildman–Crippen MR) is 120 cm³/mol. The predicted octanol–water partition coefficient (Wildman–Crippen LogP) is 4.88. The summed E-state index contributed by atoms with van der Waals surface area (Å²) in [5.74, 6) is 0.176. The maximum atomic E-state index is 13.5. The summed E-state index contributed by atoms with van der Waals surface area (Å²) in [5.41, 5.74) is 2.43. The molecule has 0 saturated heterocycles. The fourth-order valence-corrected chi connectivity index (χ4v) is 3.42. The van der Waals surface area contributed by atoms with Crippen LogP contribution in [0, 0.1) is 0 Å². The summed E-state index contributed by atoms with van der Waals surface area (Å²) in [5, 5.41) is 2.93. The first-order valence-electron chi connectivity index (χ1n) is 10.0. The van der Waals surface area contributed by atoms with E-state index in [1.54, 1.807) is 24.1 Å². The van der Waals surface area contributed by atoms with Gasteiger partial charge in [0.1, 0.15) is 5.75 Å². The molecule has 0 fully saturated rings. The van der Waals surface area contributed by atoms with Gasteiger partial charge < -0.3 is 19.7 Å². The smallest absolute Gasteiger partial charge is 0.322 e. The van der Waals surface area contributed by atoms with Crippen molar-refractivity contribution in [3.05, 3.63) is 96.1 Å². The van der Waals surface area contributed by atoms with Crippen molar-refractivity contribution in [2.75, 3.05) is 26.1 Å². The third kappa shape index (κ3) is 5.63. The highest BCUT2D eigenvalue weighted by molar-refractivity contribution is 5.91. The molecule has 0 bridgehead atoms. The van der Waals surface area contributed by atoms with Gasteiger partial charge in [-0.15, -0.1) is 0 Å². The Kier molecular flexibility index (Phi) is 7.65. The number of carbonyl (C=O) groups excluding carboxylic acids is 2. The van der Waals surface area contributed by atoms with Crippen molar-refractivity contribution >= 4 is 17.7 Å². The standard InChI is InChI=1S/C25H26N2O4/c1-30-22-16-10-9-15-21(22)26-25(29)27(18-17-23(28)31-2)24(19-11-5-3-6-12-19)20-13-7-4-8-14-20/h3-16,24H,17-18H2,1-2H3,(H,26,29). The van der Waals surface area contributed by atoms with Gasteiger partial charge in [-0.2, -0.15) is 0 Å². The maximum absolute atomic E-state index is 13.5. The lowest BCUT2D eigenvalue weighted by Gasteiger charge is -2.32. The van der Waals surface area contributed by atoms with Crippen LogP contribution in [0.4, 0.5) is 10.5 Å². The number of urea groups is 1. The number of nitrogens with zero attached hydrogens (tertiary/aromatic N) is 1. The molecule has 0 heterocycles. The molecular formula is C25H26N2O4. The van der Waals surface area contributed by atoms with Crippen LogP contribution in [0.1, 0.15) is 23.6 Å². The molecule has 0 aliphatic carbocycles. The van der Waals surface area contributed by atoms with Crippen LogP contribution < -0.4 is 10.1 Å². The van der Waals surface area contributed by atoms with Crippen LogP contribution in [0.15, 0.2) is 84.9 Å². The molecule has 3 aromatic rings. The first kappa shape index (κ1) is 21.9. The second-order valence-electron chi connectivity index (χ2n) is 6.87. The number of rotatable bonds is 8. The number of para-hydroxylation sites is 2. The molecule has 0 radical (unpaired) electrons. The SMILES string of the molecule is COC(=O)CCN(C(=O)Nc1ccccc1OC)C(c1ccccc1)c1ccccc1. The molecule has 31 heavy (non-hydrogen) atoms. The quantitative estimate of drug-likeness (QED) is 0.530. The van der Waals surface area contributed by atoms with Gasteiger partial charge >= 0.3 is 12.0 Å². The number of ether oxygens (including phenoxy) is 2. The van der Waals surface area contributed by atoms with Gasteiger partial charge in [-0.05, 0) is 23.3 Å². The Morgan fingerprint density at radius 2 is 1.39 bits per heavy atom. The molecular weight excluding hydrogens is 392 g/mol. The minimum atomic E-state index is -0.387. The molecule has 6 heteroatoms. The number of anilines is 1. The number of amides is 2. The Labute approximate surface area is 182 Å². The zero-order valence-corrected chi connectivity index (χ0v) is 17.7. The normalized spacial score (nSPS) is 10.4. The van der Waals surface area contributed by atoms with Crippen molar-refractivity contribution in [2.45, 2.75) is 12.5 Å². The number of esters is 1. The summed E-state index contributed by atoms with van der Waals surface area (Å²) in [6.45, 7) is 0.183. The van der Waals surface area contributed by atoms with E-state index in [4.69, 9.17) is 9.47 Å². The number of carbonyl (C=O) groups is 2. The van der Waals surface area contributed by atoms with Crippen molar-refractivity contribution in [1.82, 2.24) is 4.90 Å². The maximum Gasteiger partial charge on any atom is 0.322 e. The Balaban J connectivity index is 2.00. The molecule has 0 aliphatic rings. The van der Waals surface area contributed by atoms with Gasteiger partial charge in [0.2, 0.25) is 0 Å². The molecule has 3 aromatic carbocycles. The zero-order valence-electron chi connectivity index (χ0n) is 17.7. The number of hydrogen-bond donors (Lipinski definition) is 1. The number of hydrogen-bond acceptors (Lipinski definition) is 4. The fourth-order valence-electron chi connectivity index (χ4n) is 3.42. The van der Waals surface area contributed by atoms with Gasteiger partial charge in [0.25, 0.3) is 0 Å². The van der Waals surface area contributed by atoms with Crippen LogP contribution in [0.5, 0.6) is 5.75 Å². The number of benzene rings is 3. The number of methoxy groups -OCH3 is 2. The van der Waals surface area contributed by atoms with Crippen LogP contribution in [0.2, 0.25) is 0 Å². The van der Waals surface area contributed by atoms with E-state index in [9.17, 15) is 9.59 Å². The Morgan fingerprint density at radius 3 is 1.94 bits per heavy atom. The molecule has 3 rings (SSSR count). The summed E-state index contributed by atoms with van der Waals surface area (Å²) >= 11 is 0. The average Bonchev–Trinajstić information content (AvgIpc) is 2.82. The zero-order chi connectivity index (χ0) is 22.1. The van der Waals surface area contributed by atoms with Crippen LogP contribution in [-0.4, -0.2) is 37.7 Å². The molecule has 1 N–H and O–H groups in total. The highest BCUT2D eigenvalue weighted by Gasteiger charge is 2.28. The molecule has 160 valence electrons. The van der Waals surface area contributed by atoms with Crippen molar-refractivity contribution in [3.63, 3.8) is 0 Å². The van der Waals surface area contributed by atoms with Crippen LogP contribution in [0.25, 0.3) is 0 Å². The van der Waals surface area contributed by atoms with Crippen molar-refractivity contribution in [1.29, 1.82) is 0 Å². The Hall–Kier alpha value is -3.80. The van der Waals surface area contributed by atoms with Crippen LogP contribution in [0.3, 0.4) is 0 Å². The Bertz CT molecular complexity index is 953. The molecule has 0 aromatic heterocycles. The highest BCUT2D eigenvalue weighted by Crippen LogP contribution is 2.31. The van der Waals surface area contributed by atoms with Crippen molar-refractivity contribution in [2.24, 2.45) is 0 Å². The van der Waals surface area contributed by atoms with E-state index in [-0.39, 0.29) is 31.0 Å². The van der Waals surface area contributed by atoms with E-state index in [2.05, 4.69) is 5.32 Å². The fraction of sp³-hybridized carbons (Fsp3) is 0.200. The molecule has 0 unspecified atom stereocenters. The molecule has 0 atom stereocenters. The van der Waals surface area contributed by atoms with Gasteiger partial charge in [-0.1, -0.05) is 72.8 Å². The molecule has 0 saturated carbocycles. The first-order valence-corrected chi connectivity index (χ1v) is 10.0.